The van der Waals surface area contributed by atoms with Crippen LogP contribution in [-0.2, 0) is 0 Å². The van der Waals surface area contributed by atoms with Crippen LogP contribution in [0.15, 0.2) is 0 Å². The van der Waals surface area contributed by atoms with Crippen molar-refractivity contribution in [3.05, 3.63) is 0 Å². The van der Waals surface area contributed by atoms with E-state index in [1.54, 1.807) is 0 Å². The average molecular weight is 168 g/mol. The van der Waals surface area contributed by atoms with E-state index >= 15 is 0 Å². The molecule has 1 fully saturated rings. The second kappa shape index (κ2) is 2.98. The Balaban J connectivity index is 2.17. The fourth-order valence-corrected chi connectivity index (χ4v) is 0.969. The number of hydrogen-bond donors (Lipinski definition) is 0. The molecular weight excluding hydrogens is 157 g/mol. The van der Waals surface area contributed by atoms with Crippen molar-refractivity contribution >= 4 is 0 Å². The lowest BCUT2D eigenvalue weighted by molar-refractivity contribution is -0.0349. The number of unbranched alkanes of at least 4 members (excludes halogenated alkanes) is 2. The summed E-state index contributed by atoms with van der Waals surface area (Å²) in [5.74, 6) is -2.45. The van der Waals surface area contributed by atoms with E-state index in [2.05, 4.69) is 0 Å². The minimum absolute atomic E-state index is 0.103. The maximum Gasteiger partial charge on any atom is 0.305 e. The van der Waals surface area contributed by atoms with Gasteiger partial charge in [0.1, 0.15) is 0 Å². The molecule has 0 aliphatic carbocycles. The molecule has 1 rings (SSSR count). The van der Waals surface area contributed by atoms with Crippen LogP contribution in [0.5, 0.6) is 0 Å². The van der Waals surface area contributed by atoms with E-state index in [1.807, 2.05) is 6.92 Å². The van der Waals surface area contributed by atoms with Gasteiger partial charge in [0.15, 0.2) is 0 Å². The first-order valence-corrected chi connectivity index (χ1v) is 3.73. The predicted molar refractivity (Wildman–Crippen MR) is 33.9 cm³/mol. The van der Waals surface area contributed by atoms with Gasteiger partial charge >= 0.3 is 5.92 Å². The molecule has 1 aliphatic rings. The lowest BCUT2D eigenvalue weighted by Gasteiger charge is -1.98. The predicted octanol–water partition coefficient (Wildman–Crippen LogP) is 2.49. The van der Waals surface area contributed by atoms with Crippen LogP contribution in [-0.4, -0.2) is 16.4 Å². The summed E-state index contributed by atoms with van der Waals surface area (Å²) in [7, 11) is 0. The summed E-state index contributed by atoms with van der Waals surface area (Å²) in [6.45, 7) is 1.94. The highest BCUT2D eigenvalue weighted by Crippen LogP contribution is 2.45. The van der Waals surface area contributed by atoms with Gasteiger partial charge in [0.25, 0.3) is 0 Å². The molecule has 5 heteroatoms. The summed E-state index contributed by atoms with van der Waals surface area (Å²) in [5, 5.41) is -1.05. The normalized spacial score (nSPS) is 42.5. The van der Waals surface area contributed by atoms with E-state index < -0.39 is 16.4 Å². The van der Waals surface area contributed by atoms with Gasteiger partial charge in [-0.1, -0.05) is 19.8 Å². The monoisotopic (exact) mass is 168 g/mol. The number of alkyl halides is 1. The lowest BCUT2D eigenvalue weighted by Crippen LogP contribution is -2.08. The van der Waals surface area contributed by atoms with Gasteiger partial charge in [-0.25, -0.2) is 0 Å². The van der Waals surface area contributed by atoms with Crippen molar-refractivity contribution < 1.29 is 13.4 Å². The molecule has 0 saturated carbocycles. The molecule has 1 heterocycles. The molecule has 0 amide bonds. The van der Waals surface area contributed by atoms with Crippen LogP contribution in [0, 0.1) is 0 Å². The molecule has 1 saturated heterocycles. The Kier molecular flexibility index (Phi) is 2.39. The summed E-state index contributed by atoms with van der Waals surface area (Å²) in [4.78, 5) is 0. The summed E-state index contributed by atoms with van der Waals surface area (Å²) in [6, 6.07) is 0. The third-order valence-electron chi connectivity index (χ3n) is 1.78. The molecule has 11 heavy (non-hydrogen) atoms. The fraction of sp³-hybridized carbons (Fsp3) is 1.00. The van der Waals surface area contributed by atoms with Crippen LogP contribution in [0.4, 0.5) is 13.4 Å². The van der Waals surface area contributed by atoms with E-state index in [0.29, 0.717) is 6.42 Å². The molecule has 0 aromatic carbocycles. The molecule has 0 aromatic heterocycles. The van der Waals surface area contributed by atoms with Gasteiger partial charge in [-0.2, -0.15) is 4.39 Å². The molecule has 0 aromatic rings. The molecule has 0 spiro atoms. The second-order valence-corrected chi connectivity index (χ2v) is 2.70. The van der Waals surface area contributed by atoms with Gasteiger partial charge in [-0.3, -0.25) is 0 Å². The fourth-order valence-electron chi connectivity index (χ4n) is 0.969. The Hall–Kier alpha value is -0.290. The zero-order chi connectivity index (χ0) is 8.48. The summed E-state index contributed by atoms with van der Waals surface area (Å²) >= 11 is 0. The zero-order valence-corrected chi connectivity index (χ0v) is 6.36. The van der Waals surface area contributed by atoms with Crippen molar-refractivity contribution in [3.8, 4) is 0 Å². The maximum absolute atomic E-state index is 12.7. The minimum Gasteiger partial charge on any atom is -0.200 e. The van der Waals surface area contributed by atoms with Crippen LogP contribution in [0.25, 0.3) is 0 Å². The van der Waals surface area contributed by atoms with E-state index in [1.165, 1.54) is 0 Å². The highest BCUT2D eigenvalue weighted by Gasteiger charge is 2.66. The quantitative estimate of drug-likeness (QED) is 0.275. The van der Waals surface area contributed by atoms with Gasteiger partial charge in [-0.15, -0.1) is 8.96 Å². The van der Waals surface area contributed by atoms with Gasteiger partial charge in [-0.05, 0) is 6.42 Å². The Labute approximate surface area is 63.4 Å². The van der Waals surface area contributed by atoms with Crippen LogP contribution >= 0.6 is 0 Å². The smallest absolute Gasteiger partial charge is 0.200 e. The summed E-state index contributed by atoms with van der Waals surface area (Å²) in [6.07, 6.45) is 2.11. The molecule has 0 N–H and O–H groups in total. The van der Waals surface area contributed by atoms with Gasteiger partial charge in [0.2, 0.25) is 0 Å². The third-order valence-corrected chi connectivity index (χ3v) is 1.78. The van der Waals surface area contributed by atoms with Crippen molar-refractivity contribution in [2.24, 2.45) is 0 Å². The van der Waals surface area contributed by atoms with E-state index in [-0.39, 0.29) is 6.42 Å². The number of rotatable bonds is 4. The Morgan fingerprint density at radius 2 is 1.73 bits per heavy atom. The van der Waals surface area contributed by atoms with E-state index in [4.69, 9.17) is 0 Å². The highest BCUT2D eigenvalue weighted by molar-refractivity contribution is 4.79. The standard InChI is InChI=1S/C6H11F3N2/c1-2-3-4-5-6(7)10(8)11(6)9/h2-5H2,1H3. The van der Waals surface area contributed by atoms with E-state index in [9.17, 15) is 13.4 Å². The molecule has 0 radical (unpaired) electrons. The van der Waals surface area contributed by atoms with E-state index in [0.717, 1.165) is 12.8 Å². The molecule has 1 aliphatic heterocycles. The second-order valence-electron chi connectivity index (χ2n) is 2.70. The first-order chi connectivity index (χ1) is 5.13. The summed E-state index contributed by atoms with van der Waals surface area (Å²) < 4.78 is 36.7. The topological polar surface area (TPSA) is 6.02 Å². The third kappa shape index (κ3) is 1.49. The lowest BCUT2D eigenvalue weighted by atomic mass is 10.2. The van der Waals surface area contributed by atoms with Crippen LogP contribution in [0.2, 0.25) is 0 Å². The van der Waals surface area contributed by atoms with Crippen molar-refractivity contribution in [3.63, 3.8) is 0 Å². The Morgan fingerprint density at radius 1 is 1.18 bits per heavy atom. The number of hydrogen-bond acceptors (Lipinski definition) is 2. The van der Waals surface area contributed by atoms with Gasteiger partial charge in [0, 0.05) is 16.9 Å². The number of nitrogens with zero attached hydrogens (tertiary/aromatic N) is 2. The summed E-state index contributed by atoms with van der Waals surface area (Å²) in [5.41, 5.74) is 0. The average Bonchev–Trinajstić information content (AvgIpc) is 2.43. The van der Waals surface area contributed by atoms with Crippen LogP contribution in [0.3, 0.4) is 0 Å². The molecule has 2 nitrogen and oxygen atoms in total. The largest absolute Gasteiger partial charge is 0.305 e. The first-order valence-electron chi connectivity index (χ1n) is 3.73. The molecule has 2 atom stereocenters. The van der Waals surface area contributed by atoms with Crippen LogP contribution < -0.4 is 0 Å². The molecule has 2 unspecified atom stereocenters. The number of hydrazine groups is 1. The van der Waals surface area contributed by atoms with Crippen molar-refractivity contribution in [2.45, 2.75) is 38.5 Å². The van der Waals surface area contributed by atoms with Crippen molar-refractivity contribution in [1.29, 1.82) is 0 Å². The number of halogens is 3. The van der Waals surface area contributed by atoms with Crippen molar-refractivity contribution in [2.75, 3.05) is 0 Å². The SMILES string of the molecule is CCCCCC1(F)N(F)N1F. The van der Waals surface area contributed by atoms with Gasteiger partial charge < -0.3 is 0 Å². The Morgan fingerprint density at radius 3 is 2.09 bits per heavy atom. The van der Waals surface area contributed by atoms with Crippen LogP contribution in [0.1, 0.15) is 32.6 Å². The first kappa shape index (κ1) is 8.80. The minimum atomic E-state index is -2.45. The van der Waals surface area contributed by atoms with Gasteiger partial charge in [0.05, 0.1) is 0 Å². The molecule has 0 bridgehead atoms. The Bertz CT molecular complexity index is 134. The molecular formula is C6H11F3N2. The maximum atomic E-state index is 12.7. The zero-order valence-electron chi connectivity index (χ0n) is 6.36. The highest BCUT2D eigenvalue weighted by atomic mass is 19.3. The molecule has 66 valence electrons. The van der Waals surface area contributed by atoms with Crippen molar-refractivity contribution in [1.82, 2.24) is 10.5 Å².